The van der Waals surface area contributed by atoms with E-state index in [2.05, 4.69) is 45.2 Å². The topological polar surface area (TPSA) is 0 Å². The summed E-state index contributed by atoms with van der Waals surface area (Å²) in [7, 11) is 0. The molecule has 0 saturated carbocycles. The van der Waals surface area contributed by atoms with Crippen LogP contribution < -0.4 is 0 Å². The summed E-state index contributed by atoms with van der Waals surface area (Å²) in [5.74, 6) is 0.570. The van der Waals surface area contributed by atoms with E-state index in [1.165, 1.54) is 5.57 Å². The first-order chi connectivity index (χ1) is 7.15. The SMILES string of the molecule is C=C/C=C(\CC)C(C)C/C=C(S)\C=C/C. The molecule has 0 aliphatic rings. The summed E-state index contributed by atoms with van der Waals surface area (Å²) < 4.78 is 0. The Labute approximate surface area is 99.9 Å². The number of thiol groups is 1. The Morgan fingerprint density at radius 2 is 2.13 bits per heavy atom. The van der Waals surface area contributed by atoms with E-state index in [0.29, 0.717) is 5.92 Å². The summed E-state index contributed by atoms with van der Waals surface area (Å²) in [5.41, 5.74) is 1.45. The van der Waals surface area contributed by atoms with Gasteiger partial charge in [-0.3, -0.25) is 0 Å². The fourth-order valence-electron chi connectivity index (χ4n) is 1.47. The Balaban J connectivity index is 4.35. The quantitative estimate of drug-likeness (QED) is 0.478. The Morgan fingerprint density at radius 3 is 2.60 bits per heavy atom. The zero-order valence-corrected chi connectivity index (χ0v) is 10.9. The molecule has 0 aromatic heterocycles. The summed E-state index contributed by atoms with van der Waals surface area (Å²) >= 11 is 4.37. The molecule has 0 heterocycles. The minimum Gasteiger partial charge on any atom is -0.144 e. The van der Waals surface area contributed by atoms with Crippen LogP contribution in [0.1, 0.15) is 33.6 Å². The third-order valence-electron chi connectivity index (χ3n) is 2.39. The van der Waals surface area contributed by atoms with Crippen molar-refractivity contribution in [3.8, 4) is 0 Å². The van der Waals surface area contributed by atoms with E-state index in [4.69, 9.17) is 0 Å². The third-order valence-corrected chi connectivity index (χ3v) is 2.72. The van der Waals surface area contributed by atoms with Gasteiger partial charge in [0.05, 0.1) is 0 Å². The molecule has 0 spiro atoms. The first-order valence-electron chi connectivity index (χ1n) is 5.49. The van der Waals surface area contributed by atoms with Gasteiger partial charge in [-0.1, -0.05) is 56.4 Å². The van der Waals surface area contributed by atoms with Crippen LogP contribution in [0.4, 0.5) is 0 Å². The molecule has 0 aliphatic heterocycles. The van der Waals surface area contributed by atoms with Gasteiger partial charge in [0.25, 0.3) is 0 Å². The molecule has 1 atom stereocenters. The van der Waals surface area contributed by atoms with Crippen molar-refractivity contribution in [1.29, 1.82) is 0 Å². The minimum atomic E-state index is 0.570. The highest BCUT2D eigenvalue weighted by Crippen LogP contribution is 2.20. The molecular weight excluding hydrogens is 200 g/mol. The lowest BCUT2D eigenvalue weighted by molar-refractivity contribution is 0.668. The molecule has 0 saturated heterocycles. The van der Waals surface area contributed by atoms with E-state index in [0.717, 1.165) is 17.7 Å². The summed E-state index contributed by atoms with van der Waals surface area (Å²) in [4.78, 5) is 1.04. The minimum absolute atomic E-state index is 0.570. The molecule has 0 nitrogen and oxygen atoms in total. The standard InChI is InChI=1S/C14H22S/c1-5-8-13(7-3)12(4)10-11-14(15)9-6-2/h5-6,8-9,11-12,15H,1,7,10H2,2-4H3/b9-6-,13-8+,14-11+. The molecule has 0 radical (unpaired) electrons. The number of hydrogen-bond donors (Lipinski definition) is 1. The Morgan fingerprint density at radius 1 is 1.47 bits per heavy atom. The van der Waals surface area contributed by atoms with Crippen molar-refractivity contribution in [3.63, 3.8) is 0 Å². The maximum atomic E-state index is 4.37. The van der Waals surface area contributed by atoms with Gasteiger partial charge in [0.15, 0.2) is 0 Å². The van der Waals surface area contributed by atoms with E-state index >= 15 is 0 Å². The average molecular weight is 222 g/mol. The summed E-state index contributed by atoms with van der Waals surface area (Å²) in [6.07, 6.45) is 12.3. The number of hydrogen-bond acceptors (Lipinski definition) is 1. The van der Waals surface area contributed by atoms with Gasteiger partial charge in [0.1, 0.15) is 0 Å². The van der Waals surface area contributed by atoms with Gasteiger partial charge in [-0.25, -0.2) is 0 Å². The summed E-state index contributed by atoms with van der Waals surface area (Å²) in [6.45, 7) is 10.2. The number of rotatable bonds is 6. The fourth-order valence-corrected chi connectivity index (χ4v) is 1.72. The van der Waals surface area contributed by atoms with Gasteiger partial charge < -0.3 is 0 Å². The molecule has 0 amide bonds. The lowest BCUT2D eigenvalue weighted by atomic mass is 9.95. The van der Waals surface area contributed by atoms with Crippen LogP contribution in [0.5, 0.6) is 0 Å². The van der Waals surface area contributed by atoms with Crippen LogP contribution in [0.2, 0.25) is 0 Å². The van der Waals surface area contributed by atoms with Gasteiger partial charge >= 0.3 is 0 Å². The zero-order valence-electron chi connectivity index (χ0n) is 10.0. The van der Waals surface area contributed by atoms with Gasteiger partial charge in [0, 0.05) is 0 Å². The van der Waals surface area contributed by atoms with E-state index in [9.17, 15) is 0 Å². The Bertz CT molecular complexity index is 269. The maximum Gasteiger partial charge on any atom is -0.000306 e. The molecule has 0 aromatic rings. The van der Waals surface area contributed by atoms with Crippen molar-refractivity contribution < 1.29 is 0 Å². The largest absolute Gasteiger partial charge is 0.144 e. The first kappa shape index (κ1) is 14.3. The highest BCUT2D eigenvalue weighted by molar-refractivity contribution is 7.84. The molecule has 0 N–H and O–H groups in total. The van der Waals surface area contributed by atoms with Crippen LogP contribution in [0.25, 0.3) is 0 Å². The smallest absolute Gasteiger partial charge is 0.000306 e. The van der Waals surface area contributed by atoms with Crippen LogP contribution in [-0.2, 0) is 0 Å². The van der Waals surface area contributed by atoms with Gasteiger partial charge in [-0.05, 0) is 30.6 Å². The van der Waals surface area contributed by atoms with Crippen molar-refractivity contribution in [2.24, 2.45) is 5.92 Å². The summed E-state index contributed by atoms with van der Waals surface area (Å²) in [6, 6.07) is 0. The van der Waals surface area contributed by atoms with Crippen molar-refractivity contribution in [2.75, 3.05) is 0 Å². The lowest BCUT2D eigenvalue weighted by Gasteiger charge is -2.11. The van der Waals surface area contributed by atoms with Crippen LogP contribution in [0.3, 0.4) is 0 Å². The second kappa shape index (κ2) is 8.60. The normalized spacial score (nSPS) is 15.7. The predicted molar refractivity (Wildman–Crippen MR) is 74.2 cm³/mol. The van der Waals surface area contributed by atoms with Gasteiger partial charge in [-0.15, -0.1) is 12.6 Å². The zero-order chi connectivity index (χ0) is 11.7. The van der Waals surface area contributed by atoms with Crippen LogP contribution in [0.15, 0.2) is 47.4 Å². The molecule has 0 fully saturated rings. The fraction of sp³-hybridized carbons (Fsp3) is 0.429. The molecule has 84 valence electrons. The molecular formula is C14H22S. The summed E-state index contributed by atoms with van der Waals surface area (Å²) in [5, 5.41) is 0. The van der Waals surface area contributed by atoms with Crippen molar-refractivity contribution in [3.05, 3.63) is 47.4 Å². The van der Waals surface area contributed by atoms with E-state index < -0.39 is 0 Å². The van der Waals surface area contributed by atoms with E-state index in [-0.39, 0.29) is 0 Å². The molecule has 1 unspecified atom stereocenters. The van der Waals surface area contributed by atoms with Crippen molar-refractivity contribution in [1.82, 2.24) is 0 Å². The molecule has 0 aromatic carbocycles. The van der Waals surface area contributed by atoms with Crippen LogP contribution in [-0.4, -0.2) is 0 Å². The monoisotopic (exact) mass is 222 g/mol. The van der Waals surface area contributed by atoms with Crippen molar-refractivity contribution in [2.45, 2.75) is 33.6 Å². The predicted octanol–water partition coefficient (Wildman–Crippen LogP) is 4.92. The molecule has 0 bridgehead atoms. The Hall–Kier alpha value is -0.690. The van der Waals surface area contributed by atoms with Crippen LogP contribution in [0, 0.1) is 5.92 Å². The molecule has 0 rings (SSSR count). The molecule has 0 aliphatic carbocycles. The van der Waals surface area contributed by atoms with Gasteiger partial charge in [0.2, 0.25) is 0 Å². The third kappa shape index (κ3) is 6.40. The highest BCUT2D eigenvalue weighted by Gasteiger charge is 2.04. The van der Waals surface area contributed by atoms with Gasteiger partial charge in [-0.2, -0.15) is 0 Å². The average Bonchev–Trinajstić information content (AvgIpc) is 2.23. The molecule has 1 heteroatoms. The number of allylic oxidation sites excluding steroid dienone is 6. The highest BCUT2D eigenvalue weighted by atomic mass is 32.1. The Kier molecular flexibility index (Phi) is 8.21. The second-order valence-electron chi connectivity index (χ2n) is 3.60. The van der Waals surface area contributed by atoms with E-state index in [1.807, 2.05) is 25.2 Å². The van der Waals surface area contributed by atoms with E-state index in [1.54, 1.807) is 0 Å². The molecule has 15 heavy (non-hydrogen) atoms. The van der Waals surface area contributed by atoms with Crippen LogP contribution >= 0.6 is 12.6 Å². The first-order valence-corrected chi connectivity index (χ1v) is 5.93. The maximum absolute atomic E-state index is 4.37. The van der Waals surface area contributed by atoms with Crippen molar-refractivity contribution >= 4 is 12.6 Å². The second-order valence-corrected chi connectivity index (χ2v) is 4.11. The lowest BCUT2D eigenvalue weighted by Crippen LogP contribution is -1.97.